The lowest BCUT2D eigenvalue weighted by Gasteiger charge is -2.35. The number of carbonyl (C=O) groups is 2. The minimum Gasteiger partial charge on any atom is -0.490 e. The smallest absolute Gasteiger partial charge is 0.330 e. The Morgan fingerprint density at radius 2 is 0.961 bits per heavy atom. The number of aliphatic hydroxyl groups is 2. The zero-order valence-electron chi connectivity index (χ0n) is 30.1. The molecule has 8 nitrogen and oxygen atoms in total. The van der Waals surface area contributed by atoms with Crippen molar-refractivity contribution in [3.63, 3.8) is 0 Å². The van der Waals surface area contributed by atoms with Crippen molar-refractivity contribution in [1.82, 2.24) is 0 Å². The lowest BCUT2D eigenvalue weighted by Crippen LogP contribution is -2.30. The third kappa shape index (κ3) is 7.77. The molecule has 0 spiro atoms. The van der Waals surface area contributed by atoms with E-state index < -0.39 is 29.6 Å². The Balaban J connectivity index is 1.53. The highest BCUT2D eigenvalue weighted by atomic mass is 16.6. The Morgan fingerprint density at radius 1 is 0.608 bits per heavy atom. The van der Waals surface area contributed by atoms with Gasteiger partial charge in [-0.15, -0.1) is 0 Å². The molecule has 0 aliphatic heterocycles. The number of aryl methyl sites for hydroxylation is 4. The summed E-state index contributed by atoms with van der Waals surface area (Å²) in [7, 11) is 0. The van der Waals surface area contributed by atoms with E-state index in [1.807, 2.05) is 27.7 Å². The Bertz CT molecular complexity index is 1770. The largest absolute Gasteiger partial charge is 0.490 e. The first kappa shape index (κ1) is 37.1. The number of benzene rings is 4. The van der Waals surface area contributed by atoms with E-state index in [4.69, 9.17) is 18.9 Å². The van der Waals surface area contributed by atoms with Gasteiger partial charge in [0.2, 0.25) is 0 Å². The van der Waals surface area contributed by atoms with Gasteiger partial charge in [0.15, 0.2) is 0 Å². The van der Waals surface area contributed by atoms with Crippen molar-refractivity contribution in [2.75, 3.05) is 26.4 Å². The molecule has 0 radical (unpaired) electrons. The van der Waals surface area contributed by atoms with Gasteiger partial charge in [0.05, 0.1) is 5.41 Å². The number of esters is 2. The fourth-order valence-electron chi connectivity index (χ4n) is 6.99. The summed E-state index contributed by atoms with van der Waals surface area (Å²) in [6, 6.07) is 25.6. The lowest BCUT2D eigenvalue weighted by molar-refractivity contribution is -0.142. The van der Waals surface area contributed by atoms with Crippen LogP contribution < -0.4 is 9.47 Å². The number of hydrogen-bond donors (Lipinski definition) is 2. The first-order valence-electron chi connectivity index (χ1n) is 17.1. The van der Waals surface area contributed by atoms with Gasteiger partial charge in [0.25, 0.3) is 0 Å². The Hall–Kier alpha value is -5.18. The van der Waals surface area contributed by atoms with Crippen LogP contribution in [0.15, 0.2) is 97.1 Å². The second kappa shape index (κ2) is 16.2. The minimum atomic E-state index is -0.987. The Kier molecular flexibility index (Phi) is 11.8. The molecule has 8 heteroatoms. The van der Waals surface area contributed by atoms with Crippen LogP contribution >= 0.6 is 0 Å². The lowest BCUT2D eigenvalue weighted by atomic mass is 9.66. The molecule has 2 N–H and O–H groups in total. The van der Waals surface area contributed by atoms with Crippen LogP contribution in [0.3, 0.4) is 0 Å². The third-order valence-electron chi connectivity index (χ3n) is 9.02. The van der Waals surface area contributed by atoms with E-state index in [0.717, 1.165) is 55.6 Å². The van der Waals surface area contributed by atoms with Crippen molar-refractivity contribution in [2.45, 2.75) is 59.2 Å². The second-order valence-corrected chi connectivity index (χ2v) is 12.9. The van der Waals surface area contributed by atoms with Crippen molar-refractivity contribution in [2.24, 2.45) is 0 Å². The molecule has 0 heterocycles. The third-order valence-corrected chi connectivity index (χ3v) is 9.02. The van der Waals surface area contributed by atoms with E-state index in [2.05, 4.69) is 72.8 Å². The predicted molar refractivity (Wildman–Crippen MR) is 197 cm³/mol. The molecule has 0 fully saturated rings. The summed E-state index contributed by atoms with van der Waals surface area (Å²) in [6.45, 7) is 11.0. The molecule has 51 heavy (non-hydrogen) atoms. The first-order valence-corrected chi connectivity index (χ1v) is 17.1. The molecule has 0 saturated heterocycles. The number of carbonyl (C=O) groups excluding carboxylic acids is 2. The second-order valence-electron chi connectivity index (χ2n) is 12.9. The number of rotatable bonds is 14. The minimum absolute atomic E-state index is 0.0340. The zero-order chi connectivity index (χ0) is 36.7. The molecule has 0 saturated carbocycles. The van der Waals surface area contributed by atoms with Crippen LogP contribution in [0, 0.1) is 27.7 Å². The summed E-state index contributed by atoms with van der Waals surface area (Å²) in [5.41, 5.74) is 9.69. The quantitative estimate of drug-likeness (QED) is 0.0947. The highest BCUT2D eigenvalue weighted by Crippen LogP contribution is 2.57. The van der Waals surface area contributed by atoms with E-state index >= 15 is 0 Å². The average Bonchev–Trinajstić information content (AvgIpc) is 3.40. The fraction of sp³-hybridized carbons (Fsp3) is 0.302. The van der Waals surface area contributed by atoms with Crippen molar-refractivity contribution in [3.8, 4) is 22.6 Å². The molecule has 266 valence electrons. The number of aliphatic hydroxyl groups excluding tert-OH is 2. The molecule has 0 amide bonds. The van der Waals surface area contributed by atoms with Crippen LogP contribution in [-0.2, 0) is 24.5 Å². The van der Waals surface area contributed by atoms with Crippen LogP contribution in [0.1, 0.15) is 58.4 Å². The topological polar surface area (TPSA) is 112 Å². The van der Waals surface area contributed by atoms with Gasteiger partial charge in [0.1, 0.15) is 50.1 Å². The van der Waals surface area contributed by atoms with Crippen LogP contribution in [0.4, 0.5) is 0 Å². The maximum Gasteiger partial charge on any atom is 0.330 e. The van der Waals surface area contributed by atoms with Gasteiger partial charge < -0.3 is 29.2 Å². The molecule has 1 aliphatic rings. The highest BCUT2D eigenvalue weighted by molar-refractivity contribution is 5.86. The molecule has 4 aromatic rings. The molecule has 0 aromatic heterocycles. The summed E-state index contributed by atoms with van der Waals surface area (Å²) in [4.78, 5) is 23.4. The van der Waals surface area contributed by atoms with Crippen LogP contribution in [-0.4, -0.2) is 60.8 Å². The van der Waals surface area contributed by atoms with Crippen LogP contribution in [0.25, 0.3) is 11.1 Å². The SMILES string of the molecule is CC=CC(=O)OCC(O)COc1c(C)cc(C2(c3cc(C)c(OCC(O)COC(=O)C=CC)c(C)c3)c3ccccc3-c3ccccc32)cc1C. The maximum absolute atomic E-state index is 11.7. The monoisotopic (exact) mass is 690 g/mol. The van der Waals surface area contributed by atoms with Crippen molar-refractivity contribution < 1.29 is 38.7 Å². The first-order chi connectivity index (χ1) is 24.5. The van der Waals surface area contributed by atoms with Crippen molar-refractivity contribution in [3.05, 3.63) is 142 Å². The van der Waals surface area contributed by atoms with Gasteiger partial charge in [-0.25, -0.2) is 9.59 Å². The van der Waals surface area contributed by atoms with Gasteiger partial charge in [-0.1, -0.05) is 84.9 Å². The van der Waals surface area contributed by atoms with E-state index in [-0.39, 0.29) is 26.4 Å². The average molecular weight is 691 g/mol. The number of hydrogen-bond acceptors (Lipinski definition) is 8. The predicted octanol–water partition coefficient (Wildman–Crippen LogP) is 7.00. The van der Waals surface area contributed by atoms with Gasteiger partial charge in [-0.3, -0.25) is 0 Å². The molecular weight excluding hydrogens is 644 g/mol. The summed E-state index contributed by atoms with van der Waals surface area (Å²) in [5.74, 6) is 0.305. The zero-order valence-corrected chi connectivity index (χ0v) is 30.1. The molecule has 2 atom stereocenters. The molecule has 5 rings (SSSR count). The summed E-state index contributed by atoms with van der Waals surface area (Å²) in [6.07, 6.45) is 3.80. The molecule has 0 bridgehead atoms. The summed E-state index contributed by atoms with van der Waals surface area (Å²) >= 11 is 0. The van der Waals surface area contributed by atoms with E-state index in [9.17, 15) is 19.8 Å². The maximum atomic E-state index is 11.7. The van der Waals surface area contributed by atoms with Crippen LogP contribution in [0.2, 0.25) is 0 Å². The van der Waals surface area contributed by atoms with Gasteiger partial charge >= 0.3 is 11.9 Å². The van der Waals surface area contributed by atoms with E-state index in [1.54, 1.807) is 26.0 Å². The molecular formula is C43H46O8. The normalized spacial score (nSPS) is 14.2. The van der Waals surface area contributed by atoms with Crippen LogP contribution in [0.5, 0.6) is 11.5 Å². The summed E-state index contributed by atoms with van der Waals surface area (Å²) in [5, 5.41) is 21.0. The van der Waals surface area contributed by atoms with Gasteiger partial charge in [-0.05, 0) is 97.2 Å². The van der Waals surface area contributed by atoms with E-state index in [1.165, 1.54) is 12.2 Å². The number of ether oxygens (including phenoxy) is 4. The highest BCUT2D eigenvalue weighted by Gasteiger charge is 2.46. The molecule has 2 unspecified atom stereocenters. The standard InChI is InChI=1S/C43H46O8/c1-7-13-39(46)48-23-33(44)25-50-41-27(3)19-31(20-28(41)4)43(37-17-11-9-15-35(37)36-16-10-12-18-38(36)43)32-21-29(5)42(30(6)22-32)51-26-34(45)24-49-40(47)14-8-2/h7-22,33-34,44-45H,23-26H2,1-6H3. The molecule has 1 aliphatic carbocycles. The summed E-state index contributed by atoms with van der Waals surface area (Å²) < 4.78 is 22.5. The fourth-order valence-corrected chi connectivity index (χ4v) is 6.99. The van der Waals surface area contributed by atoms with Gasteiger partial charge in [-0.2, -0.15) is 0 Å². The van der Waals surface area contributed by atoms with Gasteiger partial charge in [0, 0.05) is 12.2 Å². The Morgan fingerprint density at radius 3 is 1.31 bits per heavy atom. The number of fused-ring (bicyclic) bond motifs is 3. The molecule has 4 aromatic carbocycles. The number of allylic oxidation sites excluding steroid dienone is 2. The van der Waals surface area contributed by atoms with Crippen molar-refractivity contribution >= 4 is 11.9 Å². The van der Waals surface area contributed by atoms with Crippen molar-refractivity contribution in [1.29, 1.82) is 0 Å². The van der Waals surface area contributed by atoms with E-state index in [0.29, 0.717) is 11.5 Å². The Labute approximate surface area is 300 Å².